The van der Waals surface area contributed by atoms with Crippen LogP contribution in [0.15, 0.2) is 18.2 Å². The van der Waals surface area contributed by atoms with E-state index in [1.165, 1.54) is 0 Å². The summed E-state index contributed by atoms with van der Waals surface area (Å²) in [6.45, 7) is 0. The molecule has 19 heavy (non-hydrogen) atoms. The summed E-state index contributed by atoms with van der Waals surface area (Å²) in [4.78, 5) is 14.5. The first-order chi connectivity index (χ1) is 9.10. The third-order valence-corrected chi connectivity index (χ3v) is 3.92. The first kappa shape index (κ1) is 12.2. The van der Waals surface area contributed by atoms with Crippen LogP contribution in [-0.4, -0.2) is 29.1 Å². The molecule has 5 nitrogen and oxygen atoms in total. The Morgan fingerprint density at radius 2 is 2.32 bits per heavy atom. The largest absolute Gasteiger partial charge is 0.387 e. The Kier molecular flexibility index (Phi) is 2.80. The Hall–Kier alpha value is -1.85. The summed E-state index contributed by atoms with van der Waals surface area (Å²) >= 11 is 0. The van der Waals surface area contributed by atoms with Gasteiger partial charge in [0.2, 0.25) is 5.91 Å². The van der Waals surface area contributed by atoms with Gasteiger partial charge in [-0.25, -0.2) is 0 Å². The molecule has 1 aliphatic rings. The topological polar surface area (TPSA) is 91.1 Å². The van der Waals surface area contributed by atoms with Crippen molar-refractivity contribution in [2.24, 2.45) is 5.73 Å². The first-order valence-corrected chi connectivity index (χ1v) is 6.39. The summed E-state index contributed by atoms with van der Waals surface area (Å²) in [7, 11) is 1.89. The number of likely N-dealkylation sites (N-methyl/N-ethyl adjacent to an activating group) is 1. The molecule has 0 saturated heterocycles. The minimum absolute atomic E-state index is 0.249. The number of nitrogens with one attached hydrogen (secondary N) is 2. The summed E-state index contributed by atoms with van der Waals surface area (Å²) in [5.74, 6) is -0.432. The number of nitrogens with two attached hydrogens (primary N) is 1. The summed E-state index contributed by atoms with van der Waals surface area (Å²) in [6, 6.07) is 5.60. The first-order valence-electron chi connectivity index (χ1n) is 6.39. The Labute approximate surface area is 110 Å². The number of carbonyl (C=O) groups excluding carboxylic acids is 1. The average molecular weight is 259 g/mol. The fourth-order valence-electron chi connectivity index (χ4n) is 2.86. The van der Waals surface area contributed by atoms with Gasteiger partial charge >= 0.3 is 0 Å². The maximum absolute atomic E-state index is 11.3. The van der Waals surface area contributed by atoms with Gasteiger partial charge in [-0.2, -0.15) is 0 Å². The second kappa shape index (κ2) is 4.36. The number of aromatic nitrogens is 1. The summed E-state index contributed by atoms with van der Waals surface area (Å²) < 4.78 is 0. The number of rotatable bonds is 2. The molecule has 0 fully saturated rings. The number of aliphatic hydroxyl groups excluding tert-OH is 1. The lowest BCUT2D eigenvalue weighted by atomic mass is 9.89. The van der Waals surface area contributed by atoms with Crippen molar-refractivity contribution in [3.8, 4) is 0 Å². The van der Waals surface area contributed by atoms with Crippen molar-refractivity contribution in [3.63, 3.8) is 0 Å². The highest BCUT2D eigenvalue weighted by Gasteiger charge is 2.28. The molecule has 1 aromatic heterocycles. The molecule has 5 heteroatoms. The van der Waals surface area contributed by atoms with Gasteiger partial charge in [-0.3, -0.25) is 4.79 Å². The number of hydrogen-bond acceptors (Lipinski definition) is 3. The minimum atomic E-state index is -0.495. The molecule has 2 atom stereocenters. The van der Waals surface area contributed by atoms with Crippen LogP contribution < -0.4 is 11.1 Å². The van der Waals surface area contributed by atoms with E-state index in [4.69, 9.17) is 5.73 Å². The van der Waals surface area contributed by atoms with Crippen molar-refractivity contribution < 1.29 is 9.90 Å². The van der Waals surface area contributed by atoms with Crippen molar-refractivity contribution in [2.45, 2.75) is 25.0 Å². The van der Waals surface area contributed by atoms with Crippen LogP contribution in [0.4, 0.5) is 0 Å². The number of hydrogen-bond donors (Lipinski definition) is 4. The van der Waals surface area contributed by atoms with E-state index in [0.717, 1.165) is 28.6 Å². The molecule has 1 aliphatic carbocycles. The molecule has 0 spiro atoms. The van der Waals surface area contributed by atoms with Crippen LogP contribution in [0.2, 0.25) is 0 Å². The van der Waals surface area contributed by atoms with Gasteiger partial charge in [0.25, 0.3) is 0 Å². The zero-order valence-corrected chi connectivity index (χ0v) is 10.7. The zero-order chi connectivity index (χ0) is 13.6. The Bertz CT molecular complexity index is 647. The van der Waals surface area contributed by atoms with Crippen LogP contribution in [-0.2, 0) is 6.42 Å². The quantitative estimate of drug-likeness (QED) is 0.644. The van der Waals surface area contributed by atoms with Crippen molar-refractivity contribution in [2.75, 3.05) is 7.05 Å². The van der Waals surface area contributed by atoms with E-state index in [0.29, 0.717) is 12.0 Å². The van der Waals surface area contributed by atoms with Crippen LogP contribution in [0.3, 0.4) is 0 Å². The van der Waals surface area contributed by atoms with E-state index in [2.05, 4.69) is 10.3 Å². The molecule has 1 heterocycles. The highest BCUT2D eigenvalue weighted by Crippen LogP contribution is 2.35. The van der Waals surface area contributed by atoms with E-state index >= 15 is 0 Å². The number of benzene rings is 1. The molecule has 0 aliphatic heterocycles. The number of fused-ring (bicyclic) bond motifs is 3. The lowest BCUT2D eigenvalue weighted by Crippen LogP contribution is -2.33. The Morgan fingerprint density at radius 1 is 1.53 bits per heavy atom. The van der Waals surface area contributed by atoms with E-state index in [9.17, 15) is 9.90 Å². The second-order valence-electron chi connectivity index (χ2n) is 5.08. The lowest BCUT2D eigenvalue weighted by Gasteiger charge is -2.26. The van der Waals surface area contributed by atoms with E-state index in [-0.39, 0.29) is 6.04 Å². The predicted octanol–water partition coefficient (Wildman–Crippen LogP) is 0.834. The van der Waals surface area contributed by atoms with Crippen molar-refractivity contribution in [3.05, 3.63) is 35.0 Å². The van der Waals surface area contributed by atoms with Crippen molar-refractivity contribution >= 4 is 16.8 Å². The number of carbonyl (C=O) groups is 1. The molecule has 2 aromatic rings. The predicted molar refractivity (Wildman–Crippen MR) is 72.9 cm³/mol. The average Bonchev–Trinajstić information content (AvgIpc) is 2.77. The van der Waals surface area contributed by atoms with Crippen molar-refractivity contribution in [1.29, 1.82) is 0 Å². The second-order valence-corrected chi connectivity index (χ2v) is 5.08. The number of primary amides is 1. The van der Waals surface area contributed by atoms with Gasteiger partial charge in [0.1, 0.15) is 0 Å². The van der Waals surface area contributed by atoms with E-state index < -0.39 is 12.0 Å². The van der Waals surface area contributed by atoms with Gasteiger partial charge in [0, 0.05) is 28.2 Å². The molecular formula is C14H17N3O2. The third kappa shape index (κ3) is 1.91. The highest BCUT2D eigenvalue weighted by molar-refractivity contribution is 5.98. The molecular weight excluding hydrogens is 242 g/mol. The molecule has 5 N–H and O–H groups in total. The molecule has 1 amide bonds. The summed E-state index contributed by atoms with van der Waals surface area (Å²) in [5, 5.41) is 14.4. The lowest BCUT2D eigenvalue weighted by molar-refractivity contribution is 0.100. The molecule has 100 valence electrons. The molecule has 1 aromatic carbocycles. The molecule has 3 rings (SSSR count). The molecule has 0 bridgehead atoms. The molecule has 0 radical (unpaired) electrons. The van der Waals surface area contributed by atoms with Gasteiger partial charge in [0.05, 0.1) is 6.10 Å². The van der Waals surface area contributed by atoms with Crippen LogP contribution >= 0.6 is 0 Å². The third-order valence-electron chi connectivity index (χ3n) is 3.92. The summed E-state index contributed by atoms with van der Waals surface area (Å²) in [6.07, 6.45) is 1.04. The highest BCUT2D eigenvalue weighted by atomic mass is 16.3. The summed E-state index contributed by atoms with van der Waals surface area (Å²) in [5.41, 5.74) is 8.69. The van der Waals surface area contributed by atoms with Crippen LogP contribution in [0, 0.1) is 0 Å². The van der Waals surface area contributed by atoms with E-state index in [1.54, 1.807) is 12.1 Å². The van der Waals surface area contributed by atoms with Crippen LogP contribution in [0.1, 0.15) is 34.1 Å². The number of amides is 1. The monoisotopic (exact) mass is 259 g/mol. The molecule has 0 saturated carbocycles. The normalized spacial score (nSPS) is 22.4. The smallest absolute Gasteiger partial charge is 0.248 e. The zero-order valence-electron chi connectivity index (χ0n) is 10.7. The number of aliphatic hydroxyl groups is 1. The standard InChI is InChI=1S/C14H17N3O2/c1-16-8-5-10-9-4-7(14(15)19)2-3-11(9)17-13(10)12(18)6-8/h2-4,8,12,16-18H,5-6H2,1H3,(H2,15,19)/t8-,12-/m0/s1. The minimum Gasteiger partial charge on any atom is -0.387 e. The number of aromatic amines is 1. The van der Waals surface area contributed by atoms with Gasteiger partial charge in [-0.1, -0.05) is 0 Å². The van der Waals surface area contributed by atoms with Crippen LogP contribution in [0.25, 0.3) is 10.9 Å². The maximum Gasteiger partial charge on any atom is 0.248 e. The Morgan fingerprint density at radius 3 is 3.00 bits per heavy atom. The van der Waals surface area contributed by atoms with Crippen molar-refractivity contribution in [1.82, 2.24) is 10.3 Å². The fourth-order valence-corrected chi connectivity index (χ4v) is 2.86. The SMILES string of the molecule is CN[C@H]1Cc2c([nH]c3ccc(C(N)=O)cc23)[C@@H](O)C1. The van der Waals surface area contributed by atoms with Crippen LogP contribution in [0.5, 0.6) is 0 Å². The van der Waals surface area contributed by atoms with E-state index in [1.807, 2.05) is 13.1 Å². The maximum atomic E-state index is 11.3. The number of H-pyrrole nitrogens is 1. The van der Waals surface area contributed by atoms with Gasteiger partial charge < -0.3 is 21.1 Å². The van der Waals surface area contributed by atoms with Gasteiger partial charge in [0.15, 0.2) is 0 Å². The van der Waals surface area contributed by atoms with Gasteiger partial charge in [-0.15, -0.1) is 0 Å². The molecule has 0 unspecified atom stereocenters. The van der Waals surface area contributed by atoms with Gasteiger partial charge in [-0.05, 0) is 43.7 Å². The fraction of sp³-hybridized carbons (Fsp3) is 0.357. The Balaban J connectivity index is 2.18.